The maximum Gasteiger partial charge on any atom is 0.192 e. The Labute approximate surface area is 168 Å². The summed E-state index contributed by atoms with van der Waals surface area (Å²) in [5.41, 5.74) is 3.65. The third-order valence-corrected chi connectivity index (χ3v) is 3.87. The van der Waals surface area contributed by atoms with Crippen molar-refractivity contribution in [2.24, 2.45) is 4.99 Å². The monoisotopic (exact) mass is 452 g/mol. The average molecular weight is 452 g/mol. The zero-order valence-corrected chi connectivity index (χ0v) is 17.8. The van der Waals surface area contributed by atoms with Crippen LogP contribution >= 0.6 is 24.0 Å². The molecule has 1 atom stereocenters. The molecule has 25 heavy (non-hydrogen) atoms. The Morgan fingerprint density at radius 2 is 1.68 bits per heavy atom. The van der Waals surface area contributed by atoms with Crippen molar-refractivity contribution in [2.45, 2.75) is 26.4 Å². The third kappa shape index (κ3) is 6.94. The van der Waals surface area contributed by atoms with Crippen molar-refractivity contribution >= 4 is 35.6 Å². The molecule has 0 heterocycles. The standard InChI is InChI=1S/C20H28N4.HI/c1-5-21-20(23-16(2)18-9-7-6-8-10-18)22-15-17-11-13-19(14-12-17)24(3)4;/h6-14,16H,5,15H2,1-4H3,(H2,21,22,23);1H. The van der Waals surface area contributed by atoms with Crippen LogP contribution in [-0.4, -0.2) is 26.6 Å². The molecule has 2 aromatic rings. The number of halogens is 1. The number of nitrogens with one attached hydrogen (secondary N) is 2. The average Bonchev–Trinajstić information content (AvgIpc) is 2.61. The van der Waals surface area contributed by atoms with E-state index < -0.39 is 0 Å². The Hall–Kier alpha value is -1.76. The van der Waals surface area contributed by atoms with Crippen molar-refractivity contribution in [1.82, 2.24) is 10.6 Å². The fraction of sp³-hybridized carbons (Fsp3) is 0.350. The van der Waals surface area contributed by atoms with Crippen LogP contribution in [0.3, 0.4) is 0 Å². The number of nitrogens with zero attached hydrogens (tertiary/aromatic N) is 2. The van der Waals surface area contributed by atoms with Crippen LogP contribution in [0.5, 0.6) is 0 Å². The SMILES string of the molecule is CCNC(=NCc1ccc(N(C)C)cc1)NC(C)c1ccccc1.I. The molecule has 2 rings (SSSR count). The van der Waals surface area contributed by atoms with Gasteiger partial charge in [0.05, 0.1) is 12.6 Å². The van der Waals surface area contributed by atoms with E-state index in [1.54, 1.807) is 0 Å². The van der Waals surface area contributed by atoms with E-state index in [9.17, 15) is 0 Å². The lowest BCUT2D eigenvalue weighted by Gasteiger charge is -2.18. The van der Waals surface area contributed by atoms with E-state index in [4.69, 9.17) is 4.99 Å². The van der Waals surface area contributed by atoms with E-state index in [1.165, 1.54) is 16.8 Å². The maximum atomic E-state index is 4.70. The van der Waals surface area contributed by atoms with E-state index >= 15 is 0 Å². The van der Waals surface area contributed by atoms with Gasteiger partial charge in [-0.15, -0.1) is 24.0 Å². The number of rotatable bonds is 6. The molecule has 0 radical (unpaired) electrons. The van der Waals surface area contributed by atoms with Crippen LogP contribution in [0.2, 0.25) is 0 Å². The number of benzene rings is 2. The van der Waals surface area contributed by atoms with Crippen molar-refractivity contribution in [3.8, 4) is 0 Å². The number of hydrogen-bond acceptors (Lipinski definition) is 2. The van der Waals surface area contributed by atoms with E-state index in [-0.39, 0.29) is 30.0 Å². The van der Waals surface area contributed by atoms with Gasteiger partial charge >= 0.3 is 0 Å². The molecular formula is C20H29IN4. The van der Waals surface area contributed by atoms with E-state index in [2.05, 4.69) is 77.9 Å². The van der Waals surface area contributed by atoms with Crippen molar-refractivity contribution in [2.75, 3.05) is 25.5 Å². The summed E-state index contributed by atoms with van der Waals surface area (Å²) in [6.07, 6.45) is 0. The largest absolute Gasteiger partial charge is 0.378 e. The highest BCUT2D eigenvalue weighted by Gasteiger charge is 2.07. The third-order valence-electron chi connectivity index (χ3n) is 3.87. The molecule has 2 N–H and O–H groups in total. The lowest BCUT2D eigenvalue weighted by Crippen LogP contribution is -2.38. The number of hydrogen-bond donors (Lipinski definition) is 2. The fourth-order valence-electron chi connectivity index (χ4n) is 2.42. The summed E-state index contributed by atoms with van der Waals surface area (Å²) < 4.78 is 0. The molecule has 0 bridgehead atoms. The second-order valence-electron chi connectivity index (χ2n) is 6.03. The van der Waals surface area contributed by atoms with Gasteiger partial charge in [0.2, 0.25) is 0 Å². The Balaban J connectivity index is 0.00000312. The van der Waals surface area contributed by atoms with Gasteiger partial charge in [0, 0.05) is 26.3 Å². The summed E-state index contributed by atoms with van der Waals surface area (Å²) in [6, 6.07) is 19.1. The molecule has 0 aliphatic heterocycles. The molecule has 5 heteroatoms. The van der Waals surface area contributed by atoms with Crippen molar-refractivity contribution < 1.29 is 0 Å². The van der Waals surface area contributed by atoms with Gasteiger partial charge in [-0.1, -0.05) is 42.5 Å². The molecule has 0 amide bonds. The van der Waals surface area contributed by atoms with Crippen LogP contribution in [-0.2, 0) is 6.54 Å². The van der Waals surface area contributed by atoms with E-state index in [1.807, 2.05) is 20.2 Å². The molecule has 2 aromatic carbocycles. The predicted molar refractivity (Wildman–Crippen MR) is 119 cm³/mol. The van der Waals surface area contributed by atoms with E-state index in [0.717, 1.165) is 12.5 Å². The fourth-order valence-corrected chi connectivity index (χ4v) is 2.42. The molecule has 4 nitrogen and oxygen atoms in total. The predicted octanol–water partition coefficient (Wildman–Crippen LogP) is 4.19. The second kappa shape index (κ2) is 11.0. The lowest BCUT2D eigenvalue weighted by molar-refractivity contribution is 0.686. The van der Waals surface area contributed by atoms with Gasteiger partial charge in [0.1, 0.15) is 0 Å². The number of aliphatic imine (C=N–C) groups is 1. The maximum absolute atomic E-state index is 4.70. The highest BCUT2D eigenvalue weighted by Crippen LogP contribution is 2.13. The minimum Gasteiger partial charge on any atom is -0.378 e. The molecule has 0 aliphatic carbocycles. The van der Waals surface area contributed by atoms with E-state index in [0.29, 0.717) is 6.54 Å². The van der Waals surface area contributed by atoms with Crippen molar-refractivity contribution in [3.63, 3.8) is 0 Å². The number of guanidine groups is 1. The van der Waals surface area contributed by atoms with Gasteiger partial charge in [-0.05, 0) is 37.1 Å². The normalized spacial score (nSPS) is 12.1. The van der Waals surface area contributed by atoms with Crippen LogP contribution in [0.25, 0.3) is 0 Å². The zero-order chi connectivity index (χ0) is 17.4. The zero-order valence-electron chi connectivity index (χ0n) is 15.5. The highest BCUT2D eigenvalue weighted by atomic mass is 127. The first kappa shape index (κ1) is 21.3. The summed E-state index contributed by atoms with van der Waals surface area (Å²) in [5, 5.41) is 6.78. The molecule has 136 valence electrons. The Morgan fingerprint density at radius 3 is 2.24 bits per heavy atom. The molecular weight excluding hydrogens is 423 g/mol. The van der Waals surface area contributed by atoms with Gasteiger partial charge in [-0.2, -0.15) is 0 Å². The first-order chi connectivity index (χ1) is 11.6. The van der Waals surface area contributed by atoms with Crippen LogP contribution in [0.4, 0.5) is 5.69 Å². The molecule has 0 saturated heterocycles. The summed E-state index contributed by atoms with van der Waals surface area (Å²) in [6.45, 7) is 5.72. The molecule has 0 aromatic heterocycles. The minimum atomic E-state index is 0. The first-order valence-electron chi connectivity index (χ1n) is 8.46. The van der Waals surface area contributed by atoms with Gasteiger partial charge in [0.15, 0.2) is 5.96 Å². The summed E-state index contributed by atoms with van der Waals surface area (Å²) in [7, 11) is 4.09. The van der Waals surface area contributed by atoms with Crippen molar-refractivity contribution in [3.05, 3.63) is 65.7 Å². The summed E-state index contributed by atoms with van der Waals surface area (Å²) in [4.78, 5) is 6.80. The van der Waals surface area contributed by atoms with Crippen LogP contribution in [0.15, 0.2) is 59.6 Å². The molecule has 0 fully saturated rings. The highest BCUT2D eigenvalue weighted by molar-refractivity contribution is 14.0. The Bertz CT molecular complexity index is 639. The van der Waals surface area contributed by atoms with Crippen LogP contribution in [0.1, 0.15) is 31.0 Å². The van der Waals surface area contributed by atoms with Crippen LogP contribution in [0, 0.1) is 0 Å². The Morgan fingerprint density at radius 1 is 1.04 bits per heavy atom. The lowest BCUT2D eigenvalue weighted by atomic mass is 10.1. The summed E-state index contributed by atoms with van der Waals surface area (Å²) >= 11 is 0. The van der Waals surface area contributed by atoms with Crippen LogP contribution < -0.4 is 15.5 Å². The van der Waals surface area contributed by atoms with Gasteiger partial charge < -0.3 is 15.5 Å². The van der Waals surface area contributed by atoms with Gasteiger partial charge in [-0.25, -0.2) is 4.99 Å². The molecule has 0 spiro atoms. The topological polar surface area (TPSA) is 39.7 Å². The van der Waals surface area contributed by atoms with Gasteiger partial charge in [0.25, 0.3) is 0 Å². The molecule has 1 unspecified atom stereocenters. The van der Waals surface area contributed by atoms with Gasteiger partial charge in [-0.3, -0.25) is 0 Å². The number of anilines is 1. The first-order valence-corrected chi connectivity index (χ1v) is 8.46. The smallest absolute Gasteiger partial charge is 0.192 e. The van der Waals surface area contributed by atoms with Crippen molar-refractivity contribution in [1.29, 1.82) is 0 Å². The quantitative estimate of drug-likeness (QED) is 0.393. The minimum absolute atomic E-state index is 0. The molecule has 0 aliphatic rings. The second-order valence-corrected chi connectivity index (χ2v) is 6.03. The Kier molecular flexibility index (Phi) is 9.34. The molecule has 0 saturated carbocycles. The summed E-state index contributed by atoms with van der Waals surface area (Å²) in [5.74, 6) is 0.838.